The van der Waals surface area contributed by atoms with E-state index in [1.54, 1.807) is 36.4 Å². The van der Waals surface area contributed by atoms with Crippen LogP contribution < -0.4 is 4.74 Å². The van der Waals surface area contributed by atoms with E-state index in [4.69, 9.17) is 21.1 Å². The van der Waals surface area contributed by atoms with Crippen LogP contribution in [0.15, 0.2) is 65.7 Å². The predicted octanol–water partition coefficient (Wildman–Crippen LogP) is 4.48. The molecule has 170 valence electrons. The van der Waals surface area contributed by atoms with Crippen LogP contribution in [0, 0.1) is 6.92 Å². The molecule has 0 aliphatic carbocycles. The SMILES string of the molecule is COC(=O)C(Cc1ccc(O)cc1)N=Cc1cc(Cl)cc(OC(=O)c2ccc(C)cc2)c1O. The molecule has 0 fully saturated rings. The van der Waals surface area contributed by atoms with Crippen molar-refractivity contribution in [1.29, 1.82) is 0 Å². The molecule has 7 nitrogen and oxygen atoms in total. The first-order valence-electron chi connectivity index (χ1n) is 9.97. The number of phenolic OH excluding ortho intramolecular Hbond substituents is 2. The minimum Gasteiger partial charge on any atom is -0.508 e. The Kier molecular flexibility index (Phi) is 7.69. The third-order valence-electron chi connectivity index (χ3n) is 4.79. The maximum Gasteiger partial charge on any atom is 0.343 e. The molecule has 0 heterocycles. The van der Waals surface area contributed by atoms with E-state index in [2.05, 4.69) is 4.99 Å². The van der Waals surface area contributed by atoms with Crippen molar-refractivity contribution in [2.75, 3.05) is 7.11 Å². The molecular formula is C25H22ClNO6. The zero-order chi connectivity index (χ0) is 24.0. The van der Waals surface area contributed by atoms with Gasteiger partial charge in [0.2, 0.25) is 0 Å². The summed E-state index contributed by atoms with van der Waals surface area (Å²) < 4.78 is 10.1. The number of hydrogen-bond donors (Lipinski definition) is 2. The van der Waals surface area contributed by atoms with Crippen molar-refractivity contribution in [3.63, 3.8) is 0 Å². The van der Waals surface area contributed by atoms with Gasteiger partial charge in [-0.1, -0.05) is 41.4 Å². The summed E-state index contributed by atoms with van der Waals surface area (Å²) in [7, 11) is 1.25. The fraction of sp³-hybridized carbons (Fsp3) is 0.160. The van der Waals surface area contributed by atoms with Crippen molar-refractivity contribution >= 4 is 29.8 Å². The molecule has 2 N–H and O–H groups in total. The Morgan fingerprint density at radius 2 is 1.73 bits per heavy atom. The van der Waals surface area contributed by atoms with Crippen LogP contribution in [0.4, 0.5) is 0 Å². The van der Waals surface area contributed by atoms with Crippen LogP contribution in [0.5, 0.6) is 17.2 Å². The summed E-state index contributed by atoms with van der Waals surface area (Å²) in [5.74, 6) is -1.62. The fourth-order valence-electron chi connectivity index (χ4n) is 2.98. The predicted molar refractivity (Wildman–Crippen MR) is 124 cm³/mol. The van der Waals surface area contributed by atoms with Gasteiger partial charge in [0.1, 0.15) is 5.75 Å². The normalized spacial score (nSPS) is 11.8. The van der Waals surface area contributed by atoms with E-state index in [-0.39, 0.29) is 34.3 Å². The monoisotopic (exact) mass is 467 g/mol. The van der Waals surface area contributed by atoms with Gasteiger partial charge < -0.3 is 19.7 Å². The first-order valence-corrected chi connectivity index (χ1v) is 10.3. The average Bonchev–Trinajstić information content (AvgIpc) is 2.80. The number of halogens is 1. The number of benzene rings is 3. The maximum atomic E-state index is 12.4. The molecule has 0 bridgehead atoms. The minimum atomic E-state index is -0.906. The number of nitrogens with zero attached hydrogens (tertiary/aromatic N) is 1. The third kappa shape index (κ3) is 6.33. The van der Waals surface area contributed by atoms with Crippen molar-refractivity contribution in [3.05, 3.63) is 87.9 Å². The number of ether oxygens (including phenoxy) is 2. The molecule has 0 radical (unpaired) electrons. The number of phenols is 2. The molecule has 0 aliphatic rings. The molecule has 0 amide bonds. The number of rotatable bonds is 7. The Morgan fingerprint density at radius 3 is 2.36 bits per heavy atom. The topological polar surface area (TPSA) is 105 Å². The number of esters is 2. The van der Waals surface area contributed by atoms with Gasteiger partial charge in [0.15, 0.2) is 17.5 Å². The van der Waals surface area contributed by atoms with E-state index in [1.165, 1.54) is 37.6 Å². The van der Waals surface area contributed by atoms with E-state index in [1.807, 2.05) is 6.92 Å². The molecule has 3 aromatic rings. The highest BCUT2D eigenvalue weighted by Gasteiger charge is 2.20. The number of aromatic hydroxyl groups is 2. The lowest BCUT2D eigenvalue weighted by molar-refractivity contribution is -0.142. The third-order valence-corrected chi connectivity index (χ3v) is 5.01. The van der Waals surface area contributed by atoms with Crippen LogP contribution in [0.3, 0.4) is 0 Å². The lowest BCUT2D eigenvalue weighted by atomic mass is 10.1. The van der Waals surface area contributed by atoms with Crippen LogP contribution >= 0.6 is 11.6 Å². The summed E-state index contributed by atoms with van der Waals surface area (Å²) >= 11 is 6.14. The number of methoxy groups -OCH3 is 1. The van der Waals surface area contributed by atoms with Gasteiger partial charge in [0, 0.05) is 29.3 Å². The summed E-state index contributed by atoms with van der Waals surface area (Å²) in [4.78, 5) is 28.9. The molecule has 0 saturated heterocycles. The van der Waals surface area contributed by atoms with Crippen LogP contribution in [0.25, 0.3) is 0 Å². The molecule has 8 heteroatoms. The number of hydrogen-bond acceptors (Lipinski definition) is 7. The van der Waals surface area contributed by atoms with Crippen LogP contribution in [-0.2, 0) is 16.0 Å². The summed E-state index contributed by atoms with van der Waals surface area (Å²) in [6.07, 6.45) is 1.48. The zero-order valence-electron chi connectivity index (χ0n) is 18.0. The highest BCUT2D eigenvalue weighted by molar-refractivity contribution is 6.31. The molecule has 33 heavy (non-hydrogen) atoms. The van der Waals surface area contributed by atoms with E-state index < -0.39 is 18.0 Å². The average molecular weight is 468 g/mol. The van der Waals surface area contributed by atoms with Gasteiger partial charge in [-0.3, -0.25) is 4.99 Å². The molecule has 0 saturated carbocycles. The van der Waals surface area contributed by atoms with Gasteiger partial charge in [-0.15, -0.1) is 0 Å². The number of aliphatic imine (C=N–C) groups is 1. The molecule has 0 aromatic heterocycles. The highest BCUT2D eigenvalue weighted by atomic mass is 35.5. The first kappa shape index (κ1) is 23.8. The first-order chi connectivity index (χ1) is 15.8. The molecular weight excluding hydrogens is 446 g/mol. The van der Waals surface area contributed by atoms with E-state index in [0.29, 0.717) is 5.56 Å². The summed E-state index contributed by atoms with van der Waals surface area (Å²) in [5.41, 5.74) is 2.22. The van der Waals surface area contributed by atoms with Crippen molar-refractivity contribution in [3.8, 4) is 17.2 Å². The Hall–Kier alpha value is -3.84. The minimum absolute atomic E-state index is 0.105. The maximum absolute atomic E-state index is 12.4. The quantitative estimate of drug-likeness (QED) is 0.301. The standard InChI is InChI=1S/C25H22ClNO6/c1-15-3-7-17(8-4-15)24(30)33-22-13-19(26)12-18(23(22)29)14-27-21(25(31)32-2)11-16-5-9-20(28)10-6-16/h3-10,12-14,21,28-29H,11H2,1-2H3. The van der Waals surface area contributed by atoms with Gasteiger partial charge in [0.25, 0.3) is 0 Å². The zero-order valence-corrected chi connectivity index (χ0v) is 18.7. The Morgan fingerprint density at radius 1 is 1.06 bits per heavy atom. The smallest absolute Gasteiger partial charge is 0.343 e. The Labute approximate surface area is 195 Å². The van der Waals surface area contributed by atoms with Gasteiger partial charge in [0.05, 0.1) is 12.7 Å². The van der Waals surface area contributed by atoms with Gasteiger partial charge in [-0.2, -0.15) is 0 Å². The Balaban J connectivity index is 1.84. The van der Waals surface area contributed by atoms with Gasteiger partial charge >= 0.3 is 11.9 Å². The van der Waals surface area contributed by atoms with Gasteiger partial charge in [-0.25, -0.2) is 9.59 Å². The lowest BCUT2D eigenvalue weighted by Gasteiger charge is -2.12. The van der Waals surface area contributed by atoms with Crippen molar-refractivity contribution in [1.82, 2.24) is 0 Å². The summed E-state index contributed by atoms with van der Waals surface area (Å²) in [5, 5.41) is 20.2. The highest BCUT2D eigenvalue weighted by Crippen LogP contribution is 2.33. The Bertz CT molecular complexity index is 1170. The van der Waals surface area contributed by atoms with Crippen molar-refractivity contribution in [2.24, 2.45) is 4.99 Å². The van der Waals surface area contributed by atoms with Crippen LogP contribution in [0.2, 0.25) is 5.02 Å². The van der Waals surface area contributed by atoms with E-state index >= 15 is 0 Å². The molecule has 0 aliphatic heterocycles. The molecule has 3 aromatic carbocycles. The molecule has 0 spiro atoms. The summed E-state index contributed by atoms with van der Waals surface area (Å²) in [6, 6.07) is 15.0. The summed E-state index contributed by atoms with van der Waals surface area (Å²) in [6.45, 7) is 1.90. The second kappa shape index (κ2) is 10.7. The molecule has 1 unspecified atom stereocenters. The second-order valence-corrected chi connectivity index (χ2v) is 7.72. The van der Waals surface area contributed by atoms with Crippen LogP contribution in [0.1, 0.15) is 27.0 Å². The number of carbonyl (C=O) groups is 2. The van der Waals surface area contributed by atoms with Crippen molar-refractivity contribution < 1.29 is 29.3 Å². The van der Waals surface area contributed by atoms with Crippen molar-refractivity contribution in [2.45, 2.75) is 19.4 Å². The van der Waals surface area contributed by atoms with E-state index in [0.717, 1.165) is 11.1 Å². The van der Waals surface area contributed by atoms with Gasteiger partial charge in [-0.05, 0) is 42.8 Å². The number of aryl methyl sites for hydroxylation is 1. The fourth-order valence-corrected chi connectivity index (χ4v) is 3.19. The van der Waals surface area contributed by atoms with E-state index in [9.17, 15) is 19.8 Å². The largest absolute Gasteiger partial charge is 0.508 e. The second-order valence-electron chi connectivity index (χ2n) is 7.29. The lowest BCUT2D eigenvalue weighted by Crippen LogP contribution is -2.23. The molecule has 1 atom stereocenters. The molecule has 3 rings (SSSR count). The van der Waals surface area contributed by atoms with Crippen LogP contribution in [-0.4, -0.2) is 41.5 Å². The number of carbonyl (C=O) groups excluding carboxylic acids is 2.